The first-order valence-corrected chi connectivity index (χ1v) is 10.6. The van der Waals surface area contributed by atoms with E-state index in [-0.39, 0.29) is 5.56 Å². The van der Waals surface area contributed by atoms with Crippen molar-refractivity contribution in [3.63, 3.8) is 0 Å². The van der Waals surface area contributed by atoms with Crippen molar-refractivity contribution in [2.75, 3.05) is 31.5 Å². The number of thiophene rings is 1. The molecule has 22 heavy (non-hydrogen) atoms. The van der Waals surface area contributed by atoms with E-state index in [1.54, 1.807) is 30.2 Å². The van der Waals surface area contributed by atoms with Crippen molar-refractivity contribution in [3.05, 3.63) is 20.8 Å². The standard InChI is InChI=1S/C15H20N2O2S3/c1-19-7-6-17-14(18)12-10-4-3-5-11(10)22-13(12)16-15(17)21-9-8-20-2/h3-9H2,1-2H3. The van der Waals surface area contributed by atoms with Crippen LogP contribution in [0.25, 0.3) is 10.2 Å². The second kappa shape index (κ2) is 7.38. The van der Waals surface area contributed by atoms with Crippen molar-refractivity contribution in [2.45, 2.75) is 31.0 Å². The zero-order valence-electron chi connectivity index (χ0n) is 12.9. The lowest BCUT2D eigenvalue weighted by Crippen LogP contribution is -2.25. The number of hydrogen-bond acceptors (Lipinski definition) is 6. The van der Waals surface area contributed by atoms with Gasteiger partial charge in [-0.3, -0.25) is 9.36 Å². The molecule has 0 spiro atoms. The molecule has 0 N–H and O–H groups in total. The third kappa shape index (κ3) is 3.09. The first-order valence-electron chi connectivity index (χ1n) is 7.42. The van der Waals surface area contributed by atoms with Crippen molar-refractivity contribution in [3.8, 4) is 0 Å². The van der Waals surface area contributed by atoms with Crippen LogP contribution in [0.2, 0.25) is 0 Å². The minimum absolute atomic E-state index is 0.119. The van der Waals surface area contributed by atoms with Crippen LogP contribution in [0.3, 0.4) is 0 Å². The summed E-state index contributed by atoms with van der Waals surface area (Å²) in [5.41, 5.74) is 1.37. The monoisotopic (exact) mass is 356 g/mol. The molecule has 0 amide bonds. The number of ether oxygens (including phenoxy) is 1. The average molecular weight is 357 g/mol. The van der Waals surface area contributed by atoms with E-state index in [0.29, 0.717) is 13.2 Å². The molecule has 1 aliphatic carbocycles. The van der Waals surface area contributed by atoms with Crippen LogP contribution in [0.15, 0.2) is 9.95 Å². The highest BCUT2D eigenvalue weighted by molar-refractivity contribution is 8.02. The number of nitrogens with zero attached hydrogens (tertiary/aromatic N) is 2. The molecule has 120 valence electrons. The van der Waals surface area contributed by atoms with Gasteiger partial charge >= 0.3 is 0 Å². The smallest absolute Gasteiger partial charge is 0.263 e. The highest BCUT2D eigenvalue weighted by Crippen LogP contribution is 2.35. The molecular weight excluding hydrogens is 336 g/mol. The molecule has 2 aromatic rings. The van der Waals surface area contributed by atoms with Crippen LogP contribution in [0.1, 0.15) is 16.9 Å². The van der Waals surface area contributed by atoms with Crippen LogP contribution in [0, 0.1) is 0 Å². The maximum atomic E-state index is 13.0. The minimum atomic E-state index is 0.119. The highest BCUT2D eigenvalue weighted by Gasteiger charge is 2.23. The summed E-state index contributed by atoms with van der Waals surface area (Å²) in [5, 5.41) is 1.70. The summed E-state index contributed by atoms with van der Waals surface area (Å²) in [5.74, 6) is 2.03. The number of fused-ring (bicyclic) bond motifs is 3. The normalized spacial score (nSPS) is 13.9. The molecular formula is C15H20N2O2S3. The fourth-order valence-corrected chi connectivity index (χ4v) is 5.74. The molecule has 0 aromatic carbocycles. The molecule has 0 radical (unpaired) electrons. The predicted molar refractivity (Wildman–Crippen MR) is 96.9 cm³/mol. The average Bonchev–Trinajstić information content (AvgIpc) is 3.07. The van der Waals surface area contributed by atoms with Crippen molar-refractivity contribution < 1.29 is 4.74 Å². The number of aryl methyl sites for hydroxylation is 2. The van der Waals surface area contributed by atoms with E-state index in [9.17, 15) is 4.79 Å². The summed E-state index contributed by atoms with van der Waals surface area (Å²) >= 11 is 5.20. The van der Waals surface area contributed by atoms with Crippen LogP contribution in [0.4, 0.5) is 0 Å². The van der Waals surface area contributed by atoms with Crippen molar-refractivity contribution >= 4 is 45.1 Å². The van der Waals surface area contributed by atoms with E-state index in [1.807, 2.05) is 16.3 Å². The van der Waals surface area contributed by atoms with Crippen molar-refractivity contribution in [2.24, 2.45) is 0 Å². The van der Waals surface area contributed by atoms with E-state index in [1.165, 1.54) is 16.9 Å². The number of rotatable bonds is 7. The molecule has 0 bridgehead atoms. The topological polar surface area (TPSA) is 44.1 Å². The Labute approximate surface area is 142 Å². The van der Waals surface area contributed by atoms with Crippen molar-refractivity contribution in [1.82, 2.24) is 9.55 Å². The molecule has 0 saturated carbocycles. The van der Waals surface area contributed by atoms with Crippen LogP contribution < -0.4 is 5.56 Å². The number of methoxy groups -OCH3 is 1. The molecule has 2 heterocycles. The molecule has 0 atom stereocenters. The second-order valence-electron chi connectivity index (χ2n) is 5.22. The summed E-state index contributed by atoms with van der Waals surface area (Å²) in [6, 6.07) is 0. The van der Waals surface area contributed by atoms with Gasteiger partial charge in [0.05, 0.1) is 18.5 Å². The summed E-state index contributed by atoms with van der Waals surface area (Å²) in [6.07, 6.45) is 5.39. The van der Waals surface area contributed by atoms with Crippen LogP contribution >= 0.6 is 34.9 Å². The number of hydrogen-bond donors (Lipinski definition) is 0. The van der Waals surface area contributed by atoms with Gasteiger partial charge in [0.25, 0.3) is 5.56 Å². The van der Waals surface area contributed by atoms with Gasteiger partial charge in [-0.2, -0.15) is 11.8 Å². The first kappa shape index (κ1) is 16.4. The molecule has 0 aliphatic heterocycles. The van der Waals surface area contributed by atoms with Crippen LogP contribution in [-0.4, -0.2) is 41.0 Å². The highest BCUT2D eigenvalue weighted by atomic mass is 32.2. The Balaban J connectivity index is 2.06. The molecule has 4 nitrogen and oxygen atoms in total. The molecule has 0 unspecified atom stereocenters. The largest absolute Gasteiger partial charge is 0.383 e. The number of thioether (sulfide) groups is 2. The summed E-state index contributed by atoms with van der Waals surface area (Å²) in [4.78, 5) is 20.1. The van der Waals surface area contributed by atoms with E-state index in [4.69, 9.17) is 9.72 Å². The Morgan fingerprint density at radius 1 is 1.36 bits per heavy atom. The van der Waals surface area contributed by atoms with Gasteiger partial charge in [0.15, 0.2) is 5.16 Å². The molecule has 7 heteroatoms. The molecule has 1 aliphatic rings. The van der Waals surface area contributed by atoms with Gasteiger partial charge in [0, 0.05) is 23.5 Å². The molecule has 3 rings (SSSR count). The quantitative estimate of drug-likeness (QED) is 0.433. The van der Waals surface area contributed by atoms with Gasteiger partial charge in [-0.25, -0.2) is 4.98 Å². The van der Waals surface area contributed by atoms with Gasteiger partial charge < -0.3 is 4.74 Å². The fraction of sp³-hybridized carbons (Fsp3) is 0.600. The summed E-state index contributed by atoms with van der Waals surface area (Å²) < 4.78 is 6.98. The SMILES string of the molecule is COCCn1c(SCCSC)nc2sc3c(c2c1=O)CCC3. The van der Waals surface area contributed by atoms with Gasteiger partial charge in [-0.1, -0.05) is 11.8 Å². The Bertz CT molecular complexity index is 724. The molecule has 0 fully saturated rings. The van der Waals surface area contributed by atoms with Gasteiger partial charge in [0.1, 0.15) is 4.83 Å². The van der Waals surface area contributed by atoms with Crippen LogP contribution in [0.5, 0.6) is 0 Å². The lowest BCUT2D eigenvalue weighted by atomic mass is 10.2. The Kier molecular flexibility index (Phi) is 5.49. The molecule has 0 saturated heterocycles. The lowest BCUT2D eigenvalue weighted by molar-refractivity contribution is 0.183. The predicted octanol–water partition coefficient (Wildman–Crippen LogP) is 3.05. The van der Waals surface area contributed by atoms with Gasteiger partial charge in [-0.05, 0) is 31.1 Å². The lowest BCUT2D eigenvalue weighted by Gasteiger charge is -2.11. The number of aromatic nitrogens is 2. The Morgan fingerprint density at radius 3 is 3.00 bits per heavy atom. The maximum Gasteiger partial charge on any atom is 0.263 e. The third-order valence-corrected chi connectivity index (χ3v) is 6.86. The Hall–Kier alpha value is -0.500. The second-order valence-corrected chi connectivity index (χ2v) is 8.35. The van der Waals surface area contributed by atoms with E-state index in [0.717, 1.165) is 39.7 Å². The van der Waals surface area contributed by atoms with Crippen molar-refractivity contribution in [1.29, 1.82) is 0 Å². The van der Waals surface area contributed by atoms with Gasteiger partial charge in [0.2, 0.25) is 0 Å². The van der Waals surface area contributed by atoms with E-state index >= 15 is 0 Å². The van der Waals surface area contributed by atoms with E-state index < -0.39 is 0 Å². The fourth-order valence-electron chi connectivity index (χ4n) is 2.76. The molecule has 2 aromatic heterocycles. The zero-order chi connectivity index (χ0) is 15.5. The minimum Gasteiger partial charge on any atom is -0.383 e. The van der Waals surface area contributed by atoms with E-state index in [2.05, 4.69) is 6.26 Å². The summed E-state index contributed by atoms with van der Waals surface area (Å²) in [7, 11) is 1.67. The maximum absolute atomic E-state index is 13.0. The third-order valence-electron chi connectivity index (χ3n) is 3.83. The Morgan fingerprint density at radius 2 is 2.23 bits per heavy atom. The first-order chi connectivity index (χ1) is 10.8. The zero-order valence-corrected chi connectivity index (χ0v) is 15.3. The summed E-state index contributed by atoms with van der Waals surface area (Å²) in [6.45, 7) is 1.11. The van der Waals surface area contributed by atoms with Crippen LogP contribution in [-0.2, 0) is 24.1 Å². The van der Waals surface area contributed by atoms with Gasteiger partial charge in [-0.15, -0.1) is 11.3 Å².